The van der Waals surface area contributed by atoms with Crippen molar-refractivity contribution < 1.29 is 0 Å². The van der Waals surface area contributed by atoms with Crippen LogP contribution < -0.4 is 4.90 Å². The van der Waals surface area contributed by atoms with Gasteiger partial charge in [0.25, 0.3) is 0 Å². The number of aromatic nitrogens is 3. The highest BCUT2D eigenvalue weighted by Gasteiger charge is 2.22. The van der Waals surface area contributed by atoms with Crippen molar-refractivity contribution in [3.8, 4) is 62.2 Å². The van der Waals surface area contributed by atoms with Gasteiger partial charge in [-0.1, -0.05) is 194 Å². The van der Waals surface area contributed by atoms with Crippen molar-refractivity contribution in [3.05, 3.63) is 242 Å². The molecule has 12 rings (SSSR count). The van der Waals surface area contributed by atoms with E-state index in [1.165, 1.54) is 65.3 Å². The van der Waals surface area contributed by atoms with Crippen LogP contribution in [0, 0.1) is 11.3 Å². The minimum atomic E-state index is 0.462. The average molecular weight is 854 g/mol. The van der Waals surface area contributed by atoms with Gasteiger partial charge in [0.2, 0.25) is 5.95 Å². The third kappa shape index (κ3) is 7.11. The molecule has 1 aromatic heterocycles. The monoisotopic (exact) mass is 853 g/mol. The van der Waals surface area contributed by atoms with Crippen LogP contribution in [0.5, 0.6) is 0 Å². The van der Waals surface area contributed by atoms with Crippen molar-refractivity contribution in [2.75, 3.05) is 4.90 Å². The van der Waals surface area contributed by atoms with Gasteiger partial charge in [0, 0.05) is 22.5 Å². The molecule has 12 aromatic rings. The number of hydrogen-bond acceptors (Lipinski definition) is 5. The molecule has 0 amide bonds. The van der Waals surface area contributed by atoms with Crippen molar-refractivity contribution in [2.45, 2.75) is 0 Å². The summed E-state index contributed by atoms with van der Waals surface area (Å²) in [5.41, 5.74) is 11.0. The van der Waals surface area contributed by atoms with E-state index >= 15 is 0 Å². The van der Waals surface area contributed by atoms with E-state index in [0.29, 0.717) is 23.2 Å². The van der Waals surface area contributed by atoms with Gasteiger partial charge in [-0.05, 0) is 119 Å². The normalized spacial score (nSPS) is 11.3. The Balaban J connectivity index is 1.06. The van der Waals surface area contributed by atoms with Crippen molar-refractivity contribution in [1.82, 2.24) is 15.0 Å². The molecule has 0 bridgehead atoms. The summed E-state index contributed by atoms with van der Waals surface area (Å²) in [5.74, 6) is 1.59. The number of nitrogens with zero attached hydrogens (tertiary/aromatic N) is 5. The van der Waals surface area contributed by atoms with Crippen LogP contribution in [0.25, 0.3) is 99.2 Å². The number of fused-ring (bicyclic) bond motifs is 4. The van der Waals surface area contributed by atoms with Gasteiger partial charge in [0.15, 0.2) is 11.6 Å². The maximum atomic E-state index is 9.73. The molecule has 0 N–H and O–H groups in total. The zero-order valence-corrected chi connectivity index (χ0v) is 36.3. The SMILES string of the molecule is N#Cc1ccc(N(c2ccc(-c3ccc4c(-c5cccc6ccccc56)c5ccccc5c(-c5cccc6ccccc56)c4c3)cc2)c2nc(-c3ccccc3)nc(-c3ccccc3)n2)cc1. The van der Waals surface area contributed by atoms with Crippen molar-refractivity contribution >= 4 is 60.4 Å². The number of nitriles is 1. The van der Waals surface area contributed by atoms with Crippen LogP contribution in [0.2, 0.25) is 0 Å². The Morgan fingerprint density at radius 2 is 0.761 bits per heavy atom. The van der Waals surface area contributed by atoms with Gasteiger partial charge in [-0.25, -0.2) is 4.98 Å². The number of rotatable bonds is 8. The first-order valence-electron chi connectivity index (χ1n) is 22.4. The second kappa shape index (κ2) is 16.7. The van der Waals surface area contributed by atoms with Gasteiger partial charge in [0.05, 0.1) is 11.6 Å². The van der Waals surface area contributed by atoms with Gasteiger partial charge in [-0.2, -0.15) is 15.2 Å². The second-order valence-corrected chi connectivity index (χ2v) is 16.7. The van der Waals surface area contributed by atoms with Gasteiger partial charge < -0.3 is 0 Å². The summed E-state index contributed by atoms with van der Waals surface area (Å²) in [6, 6.07) is 84.9. The summed E-state index contributed by atoms with van der Waals surface area (Å²) in [7, 11) is 0. The molecule has 1 heterocycles. The summed E-state index contributed by atoms with van der Waals surface area (Å²) < 4.78 is 0. The van der Waals surface area contributed by atoms with E-state index in [4.69, 9.17) is 15.0 Å². The standard InChI is InChI=1S/C62H39N5/c63-40-41-29-34-48(35-30-41)67(62-65-60(45-17-3-1-4-18-45)64-61(66-62)46-19-5-2-6-20-46)49-36-31-42(32-37-49)47-33-38-56-57(39-47)59(53-28-14-22-44-16-8-10-24-51(44)53)55-26-12-11-25-54(55)58(56)52-27-13-21-43-15-7-9-23-50(43)52/h1-39H. The summed E-state index contributed by atoms with van der Waals surface area (Å²) in [6.45, 7) is 0. The molecule has 0 saturated heterocycles. The number of anilines is 3. The summed E-state index contributed by atoms with van der Waals surface area (Å²) in [6.07, 6.45) is 0. The third-order valence-electron chi connectivity index (χ3n) is 12.7. The molecule has 0 spiro atoms. The molecular weight excluding hydrogens is 815 g/mol. The molecular formula is C62H39N5. The number of hydrogen-bond donors (Lipinski definition) is 0. The van der Waals surface area contributed by atoms with Crippen LogP contribution in [0.15, 0.2) is 237 Å². The molecule has 5 nitrogen and oxygen atoms in total. The van der Waals surface area contributed by atoms with E-state index in [1.807, 2.05) is 89.8 Å². The van der Waals surface area contributed by atoms with Gasteiger partial charge in [-0.3, -0.25) is 4.90 Å². The largest absolute Gasteiger partial charge is 0.279 e. The maximum absolute atomic E-state index is 9.73. The van der Waals surface area contributed by atoms with E-state index in [2.05, 4.69) is 158 Å². The predicted octanol–water partition coefficient (Wildman–Crippen LogP) is 16.2. The van der Waals surface area contributed by atoms with Crippen molar-refractivity contribution in [3.63, 3.8) is 0 Å². The van der Waals surface area contributed by atoms with Crippen LogP contribution in [0.4, 0.5) is 17.3 Å². The highest BCUT2D eigenvalue weighted by Crippen LogP contribution is 2.48. The third-order valence-corrected chi connectivity index (χ3v) is 12.7. The fourth-order valence-corrected chi connectivity index (χ4v) is 9.59. The molecule has 312 valence electrons. The van der Waals surface area contributed by atoms with Crippen LogP contribution in [0.1, 0.15) is 5.56 Å². The zero-order valence-electron chi connectivity index (χ0n) is 36.3. The quantitative estimate of drug-likeness (QED) is 0.142. The van der Waals surface area contributed by atoms with E-state index in [1.54, 1.807) is 0 Å². The molecule has 67 heavy (non-hydrogen) atoms. The Bertz CT molecular complexity index is 3790. The first-order valence-corrected chi connectivity index (χ1v) is 22.4. The fourth-order valence-electron chi connectivity index (χ4n) is 9.59. The Morgan fingerprint density at radius 1 is 0.328 bits per heavy atom. The smallest absolute Gasteiger partial charge is 0.238 e. The molecule has 0 aliphatic rings. The molecule has 0 aliphatic heterocycles. The molecule has 0 radical (unpaired) electrons. The lowest BCUT2D eigenvalue weighted by molar-refractivity contribution is 1.02. The van der Waals surface area contributed by atoms with E-state index < -0.39 is 0 Å². The molecule has 11 aromatic carbocycles. The van der Waals surface area contributed by atoms with Crippen LogP contribution in [0.3, 0.4) is 0 Å². The van der Waals surface area contributed by atoms with Crippen LogP contribution >= 0.6 is 0 Å². The number of benzene rings is 11. The maximum Gasteiger partial charge on any atom is 0.238 e. The van der Waals surface area contributed by atoms with E-state index in [9.17, 15) is 5.26 Å². The first kappa shape index (κ1) is 39.4. The Kier molecular flexibility index (Phi) is 9.82. The lowest BCUT2D eigenvalue weighted by Crippen LogP contribution is -2.15. The fraction of sp³-hybridized carbons (Fsp3) is 0. The van der Waals surface area contributed by atoms with Crippen molar-refractivity contribution in [2.24, 2.45) is 0 Å². The molecule has 0 aliphatic carbocycles. The second-order valence-electron chi connectivity index (χ2n) is 16.7. The topological polar surface area (TPSA) is 65.7 Å². The molecule has 0 atom stereocenters. The lowest BCUT2D eigenvalue weighted by atomic mass is 9.83. The minimum Gasteiger partial charge on any atom is -0.279 e. The minimum absolute atomic E-state index is 0.462. The highest BCUT2D eigenvalue weighted by atomic mass is 15.3. The lowest BCUT2D eigenvalue weighted by Gasteiger charge is -2.24. The summed E-state index contributed by atoms with van der Waals surface area (Å²) in [4.78, 5) is 17.2. The van der Waals surface area contributed by atoms with Gasteiger partial charge in [0.1, 0.15) is 0 Å². The Morgan fingerprint density at radius 3 is 1.30 bits per heavy atom. The predicted molar refractivity (Wildman–Crippen MR) is 276 cm³/mol. The van der Waals surface area contributed by atoms with Gasteiger partial charge >= 0.3 is 0 Å². The summed E-state index contributed by atoms with van der Waals surface area (Å²) >= 11 is 0. The first-order chi connectivity index (χ1) is 33.2. The van der Waals surface area contributed by atoms with Crippen molar-refractivity contribution in [1.29, 1.82) is 5.26 Å². The Hall–Kier alpha value is -9.24. The molecule has 0 saturated carbocycles. The Labute approximate surface area is 388 Å². The summed E-state index contributed by atoms with van der Waals surface area (Å²) in [5, 5.41) is 19.4. The van der Waals surface area contributed by atoms with E-state index in [0.717, 1.165) is 33.6 Å². The average Bonchev–Trinajstić information content (AvgIpc) is 3.41. The van der Waals surface area contributed by atoms with Crippen LogP contribution in [-0.2, 0) is 0 Å². The molecule has 0 unspecified atom stereocenters. The molecule has 5 heteroatoms. The van der Waals surface area contributed by atoms with Crippen LogP contribution in [-0.4, -0.2) is 15.0 Å². The van der Waals surface area contributed by atoms with E-state index in [-0.39, 0.29) is 0 Å². The highest BCUT2D eigenvalue weighted by molar-refractivity contribution is 6.25. The van der Waals surface area contributed by atoms with Gasteiger partial charge in [-0.15, -0.1) is 0 Å². The molecule has 0 fully saturated rings. The zero-order chi connectivity index (χ0) is 44.7.